The molecule has 0 saturated carbocycles. The fourth-order valence-corrected chi connectivity index (χ4v) is 3.66. The van der Waals surface area contributed by atoms with Crippen LogP contribution in [-0.4, -0.2) is 39.5 Å². The van der Waals surface area contributed by atoms with Crippen LogP contribution in [-0.2, 0) is 17.5 Å². The first-order valence-corrected chi connectivity index (χ1v) is 10.6. The van der Waals surface area contributed by atoms with E-state index in [0.29, 0.717) is 16.9 Å². The summed E-state index contributed by atoms with van der Waals surface area (Å²) in [6.07, 6.45) is -3.15. The first-order chi connectivity index (χ1) is 16.2. The van der Waals surface area contributed by atoms with E-state index in [9.17, 15) is 27.6 Å². The third-order valence-electron chi connectivity index (χ3n) is 5.38. The molecule has 1 fully saturated rings. The molecular formula is C23H21F3N4O4. The highest BCUT2D eigenvalue weighted by Gasteiger charge is 2.30. The van der Waals surface area contributed by atoms with Gasteiger partial charge in [0.05, 0.1) is 23.9 Å². The third kappa shape index (κ3) is 5.09. The van der Waals surface area contributed by atoms with Gasteiger partial charge in [0, 0.05) is 13.2 Å². The number of benzene rings is 2. The molecule has 1 aliphatic rings. The van der Waals surface area contributed by atoms with Gasteiger partial charge in [-0.2, -0.15) is 23.0 Å². The smallest absolute Gasteiger partial charge is 0.376 e. The van der Waals surface area contributed by atoms with Crippen molar-refractivity contribution in [3.63, 3.8) is 0 Å². The molecule has 4 rings (SSSR count). The van der Waals surface area contributed by atoms with Crippen molar-refractivity contribution in [3.05, 3.63) is 92.3 Å². The number of halogens is 3. The number of nitrogens with one attached hydrogen (secondary N) is 1. The number of carbonyl (C=O) groups excluding carboxylic acids is 1. The summed E-state index contributed by atoms with van der Waals surface area (Å²) in [6.45, 7) is 0.280. The number of para-hydroxylation sites is 1. The number of alkyl halides is 3. The minimum absolute atomic E-state index is 0.0746. The molecule has 1 amide bonds. The van der Waals surface area contributed by atoms with Crippen molar-refractivity contribution in [3.8, 4) is 5.69 Å². The molecular weight excluding hydrogens is 453 g/mol. The van der Waals surface area contributed by atoms with E-state index in [-0.39, 0.29) is 18.2 Å². The van der Waals surface area contributed by atoms with Gasteiger partial charge in [0.1, 0.15) is 0 Å². The number of carbonyl (C=O) groups is 1. The molecule has 0 spiro atoms. The van der Waals surface area contributed by atoms with Gasteiger partial charge in [-0.3, -0.25) is 14.2 Å². The van der Waals surface area contributed by atoms with Crippen LogP contribution in [0.1, 0.15) is 34.5 Å². The largest absolute Gasteiger partial charge is 0.416 e. The van der Waals surface area contributed by atoms with E-state index in [1.807, 2.05) is 0 Å². The molecule has 1 aromatic heterocycles. The molecule has 2 heterocycles. The van der Waals surface area contributed by atoms with Gasteiger partial charge in [-0.05, 0) is 42.7 Å². The summed E-state index contributed by atoms with van der Waals surface area (Å²) in [5.41, 5.74) is -2.98. The van der Waals surface area contributed by atoms with Gasteiger partial charge in [0.2, 0.25) is 5.69 Å². The van der Waals surface area contributed by atoms with Crippen molar-refractivity contribution in [2.75, 3.05) is 13.2 Å². The summed E-state index contributed by atoms with van der Waals surface area (Å²) in [7, 11) is 0. The average molecular weight is 474 g/mol. The van der Waals surface area contributed by atoms with Crippen molar-refractivity contribution in [1.82, 2.24) is 19.7 Å². The van der Waals surface area contributed by atoms with Crippen molar-refractivity contribution < 1.29 is 22.7 Å². The second kappa shape index (κ2) is 9.64. The van der Waals surface area contributed by atoms with E-state index < -0.39 is 41.1 Å². The van der Waals surface area contributed by atoms with Gasteiger partial charge in [-0.25, -0.2) is 4.79 Å². The minimum atomic E-state index is -4.59. The maximum absolute atomic E-state index is 13.1. The van der Waals surface area contributed by atoms with Crippen LogP contribution in [0.4, 0.5) is 13.2 Å². The molecule has 0 aliphatic carbocycles. The normalized spacial score (nSPS) is 15.9. The Balaban J connectivity index is 1.76. The summed E-state index contributed by atoms with van der Waals surface area (Å²) < 4.78 is 46.4. The first kappa shape index (κ1) is 23.4. The van der Waals surface area contributed by atoms with Crippen molar-refractivity contribution >= 4 is 5.91 Å². The van der Waals surface area contributed by atoms with E-state index in [1.54, 1.807) is 30.3 Å². The molecule has 0 bridgehead atoms. The maximum Gasteiger partial charge on any atom is 0.416 e. The molecule has 1 N–H and O–H groups in total. The highest BCUT2D eigenvalue weighted by atomic mass is 19.4. The molecule has 0 radical (unpaired) electrons. The summed E-state index contributed by atoms with van der Waals surface area (Å²) >= 11 is 0. The van der Waals surface area contributed by atoms with Crippen molar-refractivity contribution in [2.24, 2.45) is 0 Å². The monoisotopic (exact) mass is 474 g/mol. The van der Waals surface area contributed by atoms with Gasteiger partial charge in [0.25, 0.3) is 11.5 Å². The second-order valence-corrected chi connectivity index (χ2v) is 7.81. The Labute approximate surface area is 191 Å². The first-order valence-electron chi connectivity index (χ1n) is 10.6. The van der Waals surface area contributed by atoms with Crippen LogP contribution in [0.15, 0.2) is 64.2 Å². The second-order valence-electron chi connectivity index (χ2n) is 7.81. The molecule has 3 aromatic rings. The Morgan fingerprint density at radius 2 is 1.88 bits per heavy atom. The standard InChI is InChI=1S/C23H21F3N4O4/c24-23(25,26)16-7-4-6-15(12-16)14-29-21(32)19(20(31)27-13-18-10-5-11-34-18)28-30(22(29)33)17-8-2-1-3-9-17/h1-4,6-9,12,18H,5,10-11,13-14H2,(H,27,31)/t18-/m1/s1. The van der Waals surface area contributed by atoms with E-state index in [4.69, 9.17) is 4.74 Å². The quantitative estimate of drug-likeness (QED) is 0.592. The highest BCUT2D eigenvalue weighted by Crippen LogP contribution is 2.29. The number of amides is 1. The van der Waals surface area contributed by atoms with Crippen LogP contribution in [0.5, 0.6) is 0 Å². The molecule has 11 heteroatoms. The molecule has 1 aliphatic heterocycles. The van der Waals surface area contributed by atoms with Gasteiger partial charge in [-0.15, -0.1) is 0 Å². The van der Waals surface area contributed by atoms with Crippen molar-refractivity contribution in [2.45, 2.75) is 31.7 Å². The number of aromatic nitrogens is 3. The average Bonchev–Trinajstić information content (AvgIpc) is 3.34. The zero-order valence-electron chi connectivity index (χ0n) is 17.9. The third-order valence-corrected chi connectivity index (χ3v) is 5.38. The lowest BCUT2D eigenvalue weighted by Gasteiger charge is -2.14. The fourth-order valence-electron chi connectivity index (χ4n) is 3.66. The Bertz CT molecular complexity index is 1300. The lowest BCUT2D eigenvalue weighted by Crippen LogP contribution is -2.46. The summed E-state index contributed by atoms with van der Waals surface area (Å²) in [4.78, 5) is 39.0. The molecule has 178 valence electrons. The number of hydrogen-bond acceptors (Lipinski definition) is 5. The Hall–Kier alpha value is -3.73. The topological polar surface area (TPSA) is 95.2 Å². The molecule has 8 nitrogen and oxygen atoms in total. The lowest BCUT2D eigenvalue weighted by atomic mass is 10.1. The number of ether oxygens (including phenoxy) is 1. The van der Waals surface area contributed by atoms with Gasteiger partial charge >= 0.3 is 11.9 Å². The Kier molecular flexibility index (Phi) is 6.64. The zero-order chi connectivity index (χ0) is 24.3. The predicted octanol–water partition coefficient (Wildman–Crippen LogP) is 2.37. The minimum Gasteiger partial charge on any atom is -0.376 e. The summed E-state index contributed by atoms with van der Waals surface area (Å²) in [5, 5.41) is 6.58. The van der Waals surface area contributed by atoms with Gasteiger partial charge in [-0.1, -0.05) is 30.3 Å². The SMILES string of the molecule is O=C(NC[C@H]1CCCO1)c1nn(-c2ccccc2)c(=O)n(Cc2cccc(C(F)(F)F)c2)c1=O. The van der Waals surface area contributed by atoms with Gasteiger partial charge in [0.15, 0.2) is 0 Å². The lowest BCUT2D eigenvalue weighted by molar-refractivity contribution is -0.137. The Morgan fingerprint density at radius 3 is 2.56 bits per heavy atom. The van der Waals surface area contributed by atoms with E-state index >= 15 is 0 Å². The maximum atomic E-state index is 13.1. The molecule has 2 aromatic carbocycles. The number of hydrogen-bond donors (Lipinski definition) is 1. The van der Waals surface area contributed by atoms with E-state index in [2.05, 4.69) is 10.4 Å². The van der Waals surface area contributed by atoms with Crippen molar-refractivity contribution in [1.29, 1.82) is 0 Å². The summed E-state index contributed by atoms with van der Waals surface area (Å²) in [6, 6.07) is 12.4. The fraction of sp³-hybridized carbons (Fsp3) is 0.304. The zero-order valence-corrected chi connectivity index (χ0v) is 17.9. The van der Waals surface area contributed by atoms with Crippen LogP contribution >= 0.6 is 0 Å². The van der Waals surface area contributed by atoms with Gasteiger partial charge < -0.3 is 10.1 Å². The molecule has 34 heavy (non-hydrogen) atoms. The molecule has 0 unspecified atom stereocenters. The molecule has 1 saturated heterocycles. The number of rotatable bonds is 6. The van der Waals surface area contributed by atoms with Crippen LogP contribution in [0.2, 0.25) is 0 Å². The highest BCUT2D eigenvalue weighted by molar-refractivity contribution is 5.91. The van der Waals surface area contributed by atoms with Crippen LogP contribution in [0, 0.1) is 0 Å². The summed E-state index contributed by atoms with van der Waals surface area (Å²) in [5.74, 6) is -0.803. The van der Waals surface area contributed by atoms with E-state index in [0.717, 1.165) is 29.7 Å². The van der Waals surface area contributed by atoms with E-state index in [1.165, 1.54) is 12.1 Å². The Morgan fingerprint density at radius 1 is 1.12 bits per heavy atom. The molecule has 1 atom stereocenters. The number of nitrogens with zero attached hydrogens (tertiary/aromatic N) is 3. The van der Waals surface area contributed by atoms with Crippen LogP contribution in [0.25, 0.3) is 5.69 Å². The van der Waals surface area contributed by atoms with Crippen LogP contribution in [0.3, 0.4) is 0 Å². The van der Waals surface area contributed by atoms with Crippen LogP contribution < -0.4 is 16.6 Å². The predicted molar refractivity (Wildman–Crippen MR) is 116 cm³/mol.